The summed E-state index contributed by atoms with van der Waals surface area (Å²) < 4.78 is 2.30. The molecule has 2 heteroatoms. The van der Waals surface area contributed by atoms with Crippen LogP contribution in [-0.2, 0) is 12.0 Å². The van der Waals surface area contributed by atoms with Crippen LogP contribution in [0.4, 0.5) is 0 Å². The number of aryl methyl sites for hydroxylation is 1. The van der Waals surface area contributed by atoms with Crippen molar-refractivity contribution >= 4 is 0 Å². The van der Waals surface area contributed by atoms with Gasteiger partial charge in [-0.1, -0.05) is 20.8 Å². The number of hydrogen-bond acceptors (Lipinski definition) is 1. The lowest BCUT2D eigenvalue weighted by atomic mass is 9.91. The van der Waals surface area contributed by atoms with Gasteiger partial charge in [-0.3, -0.25) is 0 Å². The maximum atomic E-state index is 4.43. The molecule has 1 aromatic heterocycles. The summed E-state index contributed by atoms with van der Waals surface area (Å²) in [5.74, 6) is 1.26. The molecule has 60 valence electrons. The Bertz CT molecular complexity index is 298. The average Bonchev–Trinajstić information content (AvgIpc) is 2.38. The fraction of sp³-hybridized carbons (Fsp3) is 0.667. The lowest BCUT2D eigenvalue weighted by Gasteiger charge is -2.18. The third-order valence-corrected chi connectivity index (χ3v) is 2.13. The molecule has 0 amide bonds. The molecule has 0 radical (unpaired) electrons. The molecule has 11 heavy (non-hydrogen) atoms. The highest BCUT2D eigenvalue weighted by Gasteiger charge is 2.31. The Labute approximate surface area is 67.3 Å². The molecule has 2 rings (SSSR count). The van der Waals surface area contributed by atoms with E-state index in [0.29, 0.717) is 0 Å². The standard InChI is InChI=1S/C9H14N2/c1-6-8(9(2,3)4)11-5-7(11)10-6/h5H2,1-4H3. The van der Waals surface area contributed by atoms with E-state index in [1.165, 1.54) is 17.2 Å². The van der Waals surface area contributed by atoms with Gasteiger partial charge in [-0.2, -0.15) is 0 Å². The molecule has 0 bridgehead atoms. The van der Waals surface area contributed by atoms with Crippen LogP contribution in [0.25, 0.3) is 0 Å². The molecule has 0 saturated carbocycles. The smallest absolute Gasteiger partial charge is 0.129 e. The van der Waals surface area contributed by atoms with Gasteiger partial charge in [-0.15, -0.1) is 0 Å². The van der Waals surface area contributed by atoms with E-state index in [-0.39, 0.29) is 5.41 Å². The summed E-state index contributed by atoms with van der Waals surface area (Å²) in [6.07, 6.45) is 0. The summed E-state index contributed by atoms with van der Waals surface area (Å²) >= 11 is 0. The minimum absolute atomic E-state index is 0.256. The highest BCUT2D eigenvalue weighted by atomic mass is 15.2. The molecule has 2 heterocycles. The van der Waals surface area contributed by atoms with Crippen molar-refractivity contribution in [2.45, 2.75) is 39.7 Å². The van der Waals surface area contributed by atoms with Crippen molar-refractivity contribution in [3.8, 4) is 0 Å². The number of aromatic nitrogens is 2. The maximum Gasteiger partial charge on any atom is 0.129 e. The van der Waals surface area contributed by atoms with Crippen LogP contribution in [0.15, 0.2) is 0 Å². The van der Waals surface area contributed by atoms with Gasteiger partial charge in [0.15, 0.2) is 0 Å². The zero-order valence-corrected chi connectivity index (χ0v) is 7.60. The van der Waals surface area contributed by atoms with E-state index in [9.17, 15) is 0 Å². The molecule has 2 nitrogen and oxygen atoms in total. The Hall–Kier alpha value is -0.790. The first kappa shape index (κ1) is 6.89. The van der Waals surface area contributed by atoms with Crippen LogP contribution in [0.1, 0.15) is 38.0 Å². The molecule has 0 spiro atoms. The monoisotopic (exact) mass is 150 g/mol. The van der Waals surface area contributed by atoms with E-state index < -0.39 is 0 Å². The second kappa shape index (κ2) is 1.68. The molecule has 0 fully saturated rings. The van der Waals surface area contributed by atoms with Crippen molar-refractivity contribution < 1.29 is 0 Å². The third-order valence-electron chi connectivity index (χ3n) is 2.13. The van der Waals surface area contributed by atoms with Gasteiger partial charge in [0, 0.05) is 11.1 Å². The Morgan fingerprint density at radius 2 is 2.00 bits per heavy atom. The second-order valence-corrected chi connectivity index (χ2v) is 4.30. The van der Waals surface area contributed by atoms with E-state index in [0.717, 1.165) is 6.54 Å². The van der Waals surface area contributed by atoms with Crippen LogP contribution < -0.4 is 0 Å². The zero-order valence-electron chi connectivity index (χ0n) is 7.60. The highest BCUT2D eigenvalue weighted by molar-refractivity contribution is 5.29. The predicted molar refractivity (Wildman–Crippen MR) is 44.8 cm³/mol. The normalized spacial score (nSPS) is 14.9. The lowest BCUT2D eigenvalue weighted by molar-refractivity contribution is 0.552. The first-order valence-electron chi connectivity index (χ1n) is 4.06. The van der Waals surface area contributed by atoms with Gasteiger partial charge in [-0.05, 0) is 6.92 Å². The predicted octanol–water partition coefficient (Wildman–Crippen LogP) is 1.85. The first-order chi connectivity index (χ1) is 5.00. The minimum atomic E-state index is 0.256. The summed E-state index contributed by atoms with van der Waals surface area (Å²) in [6.45, 7) is 9.89. The van der Waals surface area contributed by atoms with E-state index in [4.69, 9.17) is 0 Å². The van der Waals surface area contributed by atoms with E-state index in [1.807, 2.05) is 0 Å². The van der Waals surface area contributed by atoms with Crippen LogP contribution in [0.5, 0.6) is 0 Å². The first-order valence-corrected chi connectivity index (χ1v) is 4.06. The second-order valence-electron chi connectivity index (χ2n) is 4.30. The molecular weight excluding hydrogens is 136 g/mol. The summed E-state index contributed by atoms with van der Waals surface area (Å²) in [7, 11) is 0. The summed E-state index contributed by atoms with van der Waals surface area (Å²) in [5.41, 5.74) is 2.87. The van der Waals surface area contributed by atoms with Gasteiger partial charge < -0.3 is 4.57 Å². The Kier molecular flexibility index (Phi) is 1.05. The Morgan fingerprint density at radius 1 is 1.36 bits per heavy atom. The SMILES string of the molecule is Cc1nc2n(c1C(C)(C)C)C2. The van der Waals surface area contributed by atoms with Crippen LogP contribution in [0.2, 0.25) is 0 Å². The average molecular weight is 150 g/mol. The van der Waals surface area contributed by atoms with Crippen molar-refractivity contribution in [2.75, 3.05) is 0 Å². The molecule has 0 aromatic carbocycles. The number of hydrogen-bond donors (Lipinski definition) is 0. The molecule has 0 unspecified atom stereocenters. The van der Waals surface area contributed by atoms with Crippen LogP contribution in [0.3, 0.4) is 0 Å². The Morgan fingerprint density at radius 3 is 2.27 bits per heavy atom. The van der Waals surface area contributed by atoms with E-state index in [2.05, 4.69) is 37.2 Å². The van der Waals surface area contributed by atoms with Crippen molar-refractivity contribution in [1.82, 2.24) is 9.55 Å². The summed E-state index contributed by atoms with van der Waals surface area (Å²) in [6, 6.07) is 0. The largest absolute Gasteiger partial charge is 0.322 e. The van der Waals surface area contributed by atoms with Gasteiger partial charge in [0.2, 0.25) is 0 Å². The van der Waals surface area contributed by atoms with Crippen LogP contribution >= 0.6 is 0 Å². The van der Waals surface area contributed by atoms with Gasteiger partial charge in [0.05, 0.1) is 12.2 Å². The topological polar surface area (TPSA) is 17.8 Å². The van der Waals surface area contributed by atoms with Crippen LogP contribution in [0, 0.1) is 6.92 Å². The molecule has 0 saturated heterocycles. The summed E-state index contributed by atoms with van der Waals surface area (Å²) in [5, 5.41) is 0. The van der Waals surface area contributed by atoms with Crippen molar-refractivity contribution in [3.05, 3.63) is 17.2 Å². The highest BCUT2D eigenvalue weighted by Crippen LogP contribution is 2.32. The molecule has 0 aliphatic carbocycles. The molecule has 1 aliphatic rings. The van der Waals surface area contributed by atoms with Crippen molar-refractivity contribution in [2.24, 2.45) is 0 Å². The lowest BCUT2D eigenvalue weighted by Crippen LogP contribution is -2.15. The zero-order chi connectivity index (χ0) is 8.22. The molecule has 1 aliphatic heterocycles. The fourth-order valence-corrected chi connectivity index (χ4v) is 1.80. The quantitative estimate of drug-likeness (QED) is 0.560. The molecule has 0 N–H and O–H groups in total. The fourth-order valence-electron chi connectivity index (χ4n) is 1.80. The molecular formula is C9H14N2. The van der Waals surface area contributed by atoms with Gasteiger partial charge in [0.1, 0.15) is 5.82 Å². The van der Waals surface area contributed by atoms with Crippen LogP contribution in [-0.4, -0.2) is 9.55 Å². The number of nitrogens with zero attached hydrogens (tertiary/aromatic N) is 2. The van der Waals surface area contributed by atoms with Gasteiger partial charge in [0.25, 0.3) is 0 Å². The number of fused-ring (bicyclic) bond motifs is 1. The van der Waals surface area contributed by atoms with E-state index in [1.54, 1.807) is 0 Å². The number of rotatable bonds is 0. The molecule has 1 aromatic rings. The van der Waals surface area contributed by atoms with E-state index >= 15 is 0 Å². The Balaban J connectivity index is 2.54. The van der Waals surface area contributed by atoms with Crippen molar-refractivity contribution in [3.63, 3.8) is 0 Å². The van der Waals surface area contributed by atoms with Gasteiger partial charge >= 0.3 is 0 Å². The number of imidazole rings is 1. The summed E-state index contributed by atoms with van der Waals surface area (Å²) in [4.78, 5) is 4.43. The minimum Gasteiger partial charge on any atom is -0.322 e. The van der Waals surface area contributed by atoms with Crippen molar-refractivity contribution in [1.29, 1.82) is 0 Å². The maximum absolute atomic E-state index is 4.43. The van der Waals surface area contributed by atoms with Gasteiger partial charge in [-0.25, -0.2) is 4.98 Å². The molecule has 0 atom stereocenters. The third kappa shape index (κ3) is 0.889.